The zero-order valence-corrected chi connectivity index (χ0v) is 19.2. The first-order chi connectivity index (χ1) is 15.0. The van der Waals surface area contributed by atoms with E-state index in [4.69, 9.17) is 14.2 Å². The second kappa shape index (κ2) is 10.5. The number of ether oxygens (including phenoxy) is 3. The molecule has 1 heterocycles. The highest BCUT2D eigenvalue weighted by Crippen LogP contribution is 2.40. The number of carbonyl (C=O) groups excluding carboxylic acids is 1. The van der Waals surface area contributed by atoms with Crippen LogP contribution in [0, 0.1) is 13.8 Å². The number of piperazine rings is 1. The molecule has 0 spiro atoms. The molecule has 0 aliphatic carbocycles. The maximum Gasteiger partial charge on any atom is 0.238 e. The molecule has 0 saturated carbocycles. The highest BCUT2D eigenvalue weighted by Gasteiger charge is 2.22. The van der Waals surface area contributed by atoms with Crippen molar-refractivity contribution in [1.29, 1.82) is 0 Å². The van der Waals surface area contributed by atoms with Crippen LogP contribution in [0.5, 0.6) is 17.2 Å². The Morgan fingerprint density at radius 3 is 2.06 bits per heavy atom. The SMILES string of the molecule is COc1ccc(CN2CCN(CC(=O)Nc3c(C)cccc3C)CC2)c(OC)c1OC. The number of benzene rings is 2. The van der Waals surface area contributed by atoms with Crippen molar-refractivity contribution >= 4 is 11.6 Å². The lowest BCUT2D eigenvalue weighted by atomic mass is 10.1. The molecule has 7 heteroatoms. The van der Waals surface area contributed by atoms with Crippen LogP contribution in [0.4, 0.5) is 5.69 Å². The maximum absolute atomic E-state index is 12.6. The van der Waals surface area contributed by atoms with E-state index in [1.165, 1.54) is 0 Å². The summed E-state index contributed by atoms with van der Waals surface area (Å²) in [4.78, 5) is 17.1. The highest BCUT2D eigenvalue weighted by atomic mass is 16.5. The second-order valence-electron chi connectivity index (χ2n) is 7.86. The maximum atomic E-state index is 12.6. The zero-order valence-electron chi connectivity index (χ0n) is 19.2. The van der Waals surface area contributed by atoms with Crippen molar-refractivity contribution in [1.82, 2.24) is 9.80 Å². The Balaban J connectivity index is 1.55. The average Bonchev–Trinajstić information content (AvgIpc) is 2.77. The standard InChI is InChI=1S/C24H33N3O4/c1-17-7-6-8-18(2)22(17)25-21(28)16-27-13-11-26(12-14-27)15-19-9-10-20(29-3)24(31-5)23(19)30-4/h6-10H,11-16H2,1-5H3,(H,25,28). The first-order valence-corrected chi connectivity index (χ1v) is 10.6. The Kier molecular flexibility index (Phi) is 7.76. The average molecular weight is 428 g/mol. The second-order valence-corrected chi connectivity index (χ2v) is 7.86. The van der Waals surface area contributed by atoms with Gasteiger partial charge in [0.05, 0.1) is 27.9 Å². The zero-order chi connectivity index (χ0) is 22.4. The number of amides is 1. The number of hydrogen-bond acceptors (Lipinski definition) is 6. The normalized spacial score (nSPS) is 14.9. The van der Waals surface area contributed by atoms with E-state index in [0.717, 1.165) is 55.1 Å². The van der Waals surface area contributed by atoms with Gasteiger partial charge in [-0.05, 0) is 31.0 Å². The number of carbonyl (C=O) groups is 1. The molecule has 1 N–H and O–H groups in total. The van der Waals surface area contributed by atoms with Crippen molar-refractivity contribution in [2.75, 3.05) is 59.4 Å². The molecule has 2 aromatic rings. The van der Waals surface area contributed by atoms with Crippen LogP contribution in [-0.4, -0.2) is 69.8 Å². The van der Waals surface area contributed by atoms with E-state index in [0.29, 0.717) is 23.8 Å². The molecule has 1 saturated heterocycles. The van der Waals surface area contributed by atoms with Crippen molar-refractivity contribution < 1.29 is 19.0 Å². The van der Waals surface area contributed by atoms with E-state index in [1.54, 1.807) is 21.3 Å². The van der Waals surface area contributed by atoms with Crippen molar-refractivity contribution in [3.05, 3.63) is 47.0 Å². The van der Waals surface area contributed by atoms with Gasteiger partial charge in [-0.15, -0.1) is 0 Å². The predicted octanol–water partition coefficient (Wildman–Crippen LogP) is 3.09. The summed E-state index contributed by atoms with van der Waals surface area (Å²) in [6, 6.07) is 9.97. The number of hydrogen-bond donors (Lipinski definition) is 1. The highest BCUT2D eigenvalue weighted by molar-refractivity contribution is 5.93. The molecule has 31 heavy (non-hydrogen) atoms. The first kappa shape index (κ1) is 22.9. The van der Waals surface area contributed by atoms with Crippen LogP contribution < -0.4 is 19.5 Å². The van der Waals surface area contributed by atoms with Gasteiger partial charge in [-0.1, -0.05) is 24.3 Å². The van der Waals surface area contributed by atoms with Gasteiger partial charge in [0.2, 0.25) is 11.7 Å². The number of anilines is 1. The summed E-state index contributed by atoms with van der Waals surface area (Å²) in [7, 11) is 4.88. The molecular weight excluding hydrogens is 394 g/mol. The summed E-state index contributed by atoms with van der Waals surface area (Å²) in [5.74, 6) is 2.01. The summed E-state index contributed by atoms with van der Waals surface area (Å²) < 4.78 is 16.5. The van der Waals surface area contributed by atoms with Gasteiger partial charge in [0, 0.05) is 44.0 Å². The molecule has 2 aromatic carbocycles. The molecule has 3 rings (SSSR count). The van der Waals surface area contributed by atoms with E-state index >= 15 is 0 Å². The summed E-state index contributed by atoms with van der Waals surface area (Å²) in [5.41, 5.74) is 4.15. The van der Waals surface area contributed by atoms with E-state index in [1.807, 2.05) is 44.2 Å². The lowest BCUT2D eigenvalue weighted by molar-refractivity contribution is -0.117. The molecule has 1 amide bonds. The van der Waals surface area contributed by atoms with Crippen molar-refractivity contribution in [3.63, 3.8) is 0 Å². The Hall–Kier alpha value is -2.77. The van der Waals surface area contributed by atoms with Gasteiger partial charge in [-0.25, -0.2) is 0 Å². The lowest BCUT2D eigenvalue weighted by Crippen LogP contribution is -2.48. The number of methoxy groups -OCH3 is 3. The molecule has 168 valence electrons. The quantitative estimate of drug-likeness (QED) is 0.699. The van der Waals surface area contributed by atoms with Crippen LogP contribution in [0.15, 0.2) is 30.3 Å². The molecule has 1 fully saturated rings. The number of aryl methyl sites for hydroxylation is 2. The van der Waals surface area contributed by atoms with Gasteiger partial charge in [0.15, 0.2) is 11.5 Å². The molecule has 0 unspecified atom stereocenters. The molecular formula is C24H33N3O4. The van der Waals surface area contributed by atoms with Gasteiger partial charge >= 0.3 is 0 Å². The van der Waals surface area contributed by atoms with Crippen LogP contribution in [0.1, 0.15) is 16.7 Å². The van der Waals surface area contributed by atoms with E-state index in [-0.39, 0.29) is 5.91 Å². The Bertz CT molecular complexity index is 888. The Morgan fingerprint density at radius 2 is 1.48 bits per heavy atom. The van der Waals surface area contributed by atoms with E-state index < -0.39 is 0 Å². The summed E-state index contributed by atoms with van der Waals surface area (Å²) >= 11 is 0. The van der Waals surface area contributed by atoms with Crippen molar-refractivity contribution in [3.8, 4) is 17.2 Å². The van der Waals surface area contributed by atoms with E-state index in [9.17, 15) is 4.79 Å². The molecule has 0 aromatic heterocycles. The van der Waals surface area contributed by atoms with Gasteiger partial charge in [-0.2, -0.15) is 0 Å². The van der Waals surface area contributed by atoms with E-state index in [2.05, 4.69) is 15.1 Å². The number of nitrogens with zero attached hydrogens (tertiary/aromatic N) is 2. The number of para-hydroxylation sites is 1. The topological polar surface area (TPSA) is 63.3 Å². The summed E-state index contributed by atoms with van der Waals surface area (Å²) in [5, 5.41) is 3.08. The minimum Gasteiger partial charge on any atom is -0.493 e. The Morgan fingerprint density at radius 1 is 0.871 bits per heavy atom. The number of rotatable bonds is 8. The van der Waals surface area contributed by atoms with Crippen LogP contribution in [-0.2, 0) is 11.3 Å². The molecule has 0 bridgehead atoms. The van der Waals surface area contributed by atoms with Gasteiger partial charge in [0.1, 0.15) is 0 Å². The monoisotopic (exact) mass is 427 g/mol. The molecule has 0 atom stereocenters. The largest absolute Gasteiger partial charge is 0.493 e. The third-order valence-corrected chi connectivity index (χ3v) is 5.76. The number of nitrogens with one attached hydrogen (secondary N) is 1. The molecule has 7 nitrogen and oxygen atoms in total. The fraction of sp³-hybridized carbons (Fsp3) is 0.458. The third-order valence-electron chi connectivity index (χ3n) is 5.76. The van der Waals surface area contributed by atoms with Crippen LogP contribution in [0.2, 0.25) is 0 Å². The van der Waals surface area contributed by atoms with Crippen LogP contribution in [0.25, 0.3) is 0 Å². The van der Waals surface area contributed by atoms with Crippen LogP contribution >= 0.6 is 0 Å². The molecule has 1 aliphatic heterocycles. The van der Waals surface area contributed by atoms with Gasteiger partial charge in [0.25, 0.3) is 0 Å². The first-order valence-electron chi connectivity index (χ1n) is 10.6. The van der Waals surface area contributed by atoms with Gasteiger partial charge in [-0.3, -0.25) is 14.6 Å². The smallest absolute Gasteiger partial charge is 0.238 e. The minimum atomic E-state index is 0.0346. The fourth-order valence-electron chi connectivity index (χ4n) is 4.03. The predicted molar refractivity (Wildman–Crippen MR) is 122 cm³/mol. The van der Waals surface area contributed by atoms with Gasteiger partial charge < -0.3 is 19.5 Å². The summed E-state index contributed by atoms with van der Waals surface area (Å²) in [6.45, 7) is 8.65. The molecule has 0 radical (unpaired) electrons. The van der Waals surface area contributed by atoms with Crippen LogP contribution in [0.3, 0.4) is 0 Å². The van der Waals surface area contributed by atoms with Crippen molar-refractivity contribution in [2.45, 2.75) is 20.4 Å². The summed E-state index contributed by atoms with van der Waals surface area (Å²) in [6.07, 6.45) is 0. The minimum absolute atomic E-state index is 0.0346. The Labute approximate surface area is 184 Å². The van der Waals surface area contributed by atoms with Crippen molar-refractivity contribution in [2.24, 2.45) is 0 Å². The lowest BCUT2D eigenvalue weighted by Gasteiger charge is -2.34. The molecule has 1 aliphatic rings. The third kappa shape index (κ3) is 5.48. The fourth-order valence-corrected chi connectivity index (χ4v) is 4.03.